The summed E-state index contributed by atoms with van der Waals surface area (Å²) in [4.78, 5) is 10.1. The number of carboxylic acid groups (broad SMARTS) is 1. The van der Waals surface area contributed by atoms with Gasteiger partial charge in [0.2, 0.25) is 0 Å². The van der Waals surface area contributed by atoms with Crippen LogP contribution in [0.3, 0.4) is 0 Å². The molecule has 4 nitrogen and oxygen atoms in total. The van der Waals surface area contributed by atoms with Crippen molar-refractivity contribution >= 4 is 24.2 Å². The van der Waals surface area contributed by atoms with E-state index in [2.05, 4.69) is 63.8 Å². The van der Waals surface area contributed by atoms with Crippen LogP contribution in [0.1, 0.15) is 37.5 Å². The lowest BCUT2D eigenvalue weighted by Crippen LogP contribution is -1.97. The maximum atomic E-state index is 10.1. The molecular formula is C31H34O4. The van der Waals surface area contributed by atoms with Crippen LogP contribution in [0.25, 0.3) is 18.2 Å². The van der Waals surface area contributed by atoms with Gasteiger partial charge in [-0.3, -0.25) is 0 Å². The highest BCUT2D eigenvalue weighted by Crippen LogP contribution is 2.16. The van der Waals surface area contributed by atoms with Crippen molar-refractivity contribution in [1.82, 2.24) is 0 Å². The maximum Gasteiger partial charge on any atom is 0.328 e. The summed E-state index contributed by atoms with van der Waals surface area (Å²) >= 11 is 0. The molecule has 0 bridgehead atoms. The van der Waals surface area contributed by atoms with Gasteiger partial charge in [0, 0.05) is 6.08 Å². The summed E-state index contributed by atoms with van der Waals surface area (Å²) in [5.74, 6) is -0.468. The quantitative estimate of drug-likeness (QED) is 0.262. The van der Waals surface area contributed by atoms with Crippen LogP contribution < -0.4 is 0 Å². The molecule has 3 N–H and O–H groups in total. The average Bonchev–Trinajstić information content (AvgIpc) is 2.83. The van der Waals surface area contributed by atoms with Gasteiger partial charge >= 0.3 is 5.97 Å². The van der Waals surface area contributed by atoms with Crippen molar-refractivity contribution in [2.24, 2.45) is 5.41 Å². The van der Waals surface area contributed by atoms with Gasteiger partial charge < -0.3 is 15.3 Å². The topological polar surface area (TPSA) is 77.8 Å². The first kappa shape index (κ1) is 28.7. The minimum absolute atomic E-state index is 0.211. The highest BCUT2D eigenvalue weighted by Gasteiger charge is 2.02. The molecule has 0 saturated heterocycles. The van der Waals surface area contributed by atoms with E-state index in [-0.39, 0.29) is 11.2 Å². The number of hydrogen-bond acceptors (Lipinski definition) is 3. The summed E-state index contributed by atoms with van der Waals surface area (Å²) in [6, 6.07) is 23.9. The van der Waals surface area contributed by atoms with Gasteiger partial charge in [-0.05, 0) is 46.4 Å². The summed E-state index contributed by atoms with van der Waals surface area (Å²) in [6.45, 7) is 10.2. The molecular weight excluding hydrogens is 436 g/mol. The number of allylic oxidation sites excluding steroid dienone is 3. The summed E-state index contributed by atoms with van der Waals surface area (Å²) < 4.78 is 0. The second-order valence-electron chi connectivity index (χ2n) is 8.55. The zero-order chi connectivity index (χ0) is 26.1. The van der Waals surface area contributed by atoms with E-state index in [1.54, 1.807) is 54.6 Å². The van der Waals surface area contributed by atoms with E-state index in [1.807, 2.05) is 18.2 Å². The van der Waals surface area contributed by atoms with Crippen LogP contribution in [0.15, 0.2) is 110 Å². The predicted molar refractivity (Wildman–Crippen MR) is 147 cm³/mol. The number of aromatic hydroxyl groups is 2. The fourth-order valence-electron chi connectivity index (χ4n) is 2.41. The van der Waals surface area contributed by atoms with Gasteiger partial charge in [0.25, 0.3) is 0 Å². The van der Waals surface area contributed by atoms with E-state index in [0.717, 1.165) is 17.2 Å². The number of rotatable bonds is 5. The second kappa shape index (κ2) is 15.5. The molecule has 35 heavy (non-hydrogen) atoms. The number of aliphatic carboxylic acids is 1. The predicted octanol–water partition coefficient (Wildman–Crippen LogP) is 7.83. The molecule has 3 aromatic rings. The highest BCUT2D eigenvalue weighted by molar-refractivity contribution is 5.80. The molecule has 0 atom stereocenters. The lowest BCUT2D eigenvalue weighted by atomic mass is 9.95. The zero-order valence-electron chi connectivity index (χ0n) is 20.5. The van der Waals surface area contributed by atoms with Crippen LogP contribution in [0.4, 0.5) is 0 Å². The molecule has 0 aliphatic carbocycles. The minimum atomic E-state index is -0.972. The van der Waals surface area contributed by atoms with Gasteiger partial charge in [0.15, 0.2) is 0 Å². The molecule has 0 aliphatic heterocycles. The van der Waals surface area contributed by atoms with Crippen LogP contribution in [0.5, 0.6) is 11.5 Å². The first-order chi connectivity index (χ1) is 16.6. The summed E-state index contributed by atoms with van der Waals surface area (Å²) in [7, 11) is 0. The van der Waals surface area contributed by atoms with Crippen molar-refractivity contribution in [3.8, 4) is 11.5 Å². The molecule has 0 heterocycles. The Morgan fingerprint density at radius 2 is 1.20 bits per heavy atom. The SMILES string of the molecule is C=Cc1ccc(O)cc1.CC(C)(C)C=Cc1ccccc1.O=C(O)C=CC=Cc1ccc(O)cc1. The van der Waals surface area contributed by atoms with Crippen molar-refractivity contribution in [3.05, 3.63) is 126 Å². The Hall–Kier alpha value is -4.31. The van der Waals surface area contributed by atoms with Crippen LogP contribution in [0, 0.1) is 5.41 Å². The van der Waals surface area contributed by atoms with Crippen molar-refractivity contribution in [3.63, 3.8) is 0 Å². The van der Waals surface area contributed by atoms with Gasteiger partial charge in [-0.25, -0.2) is 4.79 Å². The molecule has 0 aliphatic rings. The molecule has 3 aromatic carbocycles. The Bertz CT molecular complexity index is 1100. The molecule has 0 saturated carbocycles. The van der Waals surface area contributed by atoms with E-state index in [1.165, 1.54) is 11.6 Å². The summed E-state index contributed by atoms with van der Waals surface area (Å²) in [5, 5.41) is 26.1. The normalized spacial score (nSPS) is 10.9. The van der Waals surface area contributed by atoms with Crippen LogP contribution in [0.2, 0.25) is 0 Å². The fraction of sp³-hybridized carbons (Fsp3) is 0.129. The molecule has 3 rings (SSSR count). The van der Waals surface area contributed by atoms with E-state index in [0.29, 0.717) is 5.75 Å². The largest absolute Gasteiger partial charge is 0.508 e. The van der Waals surface area contributed by atoms with E-state index >= 15 is 0 Å². The molecule has 4 heteroatoms. The van der Waals surface area contributed by atoms with E-state index in [4.69, 9.17) is 15.3 Å². The molecule has 0 spiro atoms. The van der Waals surface area contributed by atoms with Gasteiger partial charge in [-0.1, -0.05) is 118 Å². The molecule has 0 amide bonds. The van der Waals surface area contributed by atoms with Crippen molar-refractivity contribution in [2.75, 3.05) is 0 Å². The van der Waals surface area contributed by atoms with Crippen molar-refractivity contribution < 1.29 is 20.1 Å². The molecule has 182 valence electrons. The number of benzene rings is 3. The minimum Gasteiger partial charge on any atom is -0.508 e. The second-order valence-corrected chi connectivity index (χ2v) is 8.55. The van der Waals surface area contributed by atoms with E-state index < -0.39 is 5.97 Å². The summed E-state index contributed by atoms with van der Waals surface area (Å²) in [6.07, 6.45) is 12.0. The van der Waals surface area contributed by atoms with Crippen molar-refractivity contribution in [2.45, 2.75) is 20.8 Å². The van der Waals surface area contributed by atoms with Crippen LogP contribution in [-0.2, 0) is 4.79 Å². The average molecular weight is 471 g/mol. The number of phenols is 2. The Morgan fingerprint density at radius 3 is 1.66 bits per heavy atom. The number of phenolic OH excluding ortho intramolecular Hbond substituents is 2. The van der Waals surface area contributed by atoms with Gasteiger partial charge in [0.1, 0.15) is 11.5 Å². The molecule has 0 radical (unpaired) electrons. The molecule has 0 unspecified atom stereocenters. The molecule has 0 fully saturated rings. The Labute approximate surface area is 208 Å². The van der Waals surface area contributed by atoms with Crippen LogP contribution >= 0.6 is 0 Å². The number of carbonyl (C=O) groups is 1. The third-order valence-corrected chi connectivity index (χ3v) is 4.24. The van der Waals surface area contributed by atoms with Gasteiger partial charge in [0.05, 0.1) is 0 Å². The molecule has 0 aromatic heterocycles. The van der Waals surface area contributed by atoms with Gasteiger partial charge in [-0.15, -0.1) is 0 Å². The third-order valence-electron chi connectivity index (χ3n) is 4.24. The lowest BCUT2D eigenvalue weighted by molar-refractivity contribution is -0.131. The van der Waals surface area contributed by atoms with E-state index in [9.17, 15) is 4.79 Å². The first-order valence-electron chi connectivity index (χ1n) is 11.1. The third kappa shape index (κ3) is 15.2. The standard InChI is InChI=1S/C12H16.C11H10O3.C8H8O/c1-12(2,3)10-9-11-7-5-4-6-8-11;12-10-7-5-9(6-8-10)3-1-2-4-11(13)14;1-2-7-3-5-8(9)6-4-7/h4-10H,1-3H3;1-8,12H,(H,13,14);2-6,9H,1H2. The highest BCUT2D eigenvalue weighted by atomic mass is 16.4. The first-order valence-corrected chi connectivity index (χ1v) is 11.1. The van der Waals surface area contributed by atoms with Gasteiger partial charge in [-0.2, -0.15) is 0 Å². The monoisotopic (exact) mass is 470 g/mol. The van der Waals surface area contributed by atoms with Crippen LogP contribution in [-0.4, -0.2) is 21.3 Å². The van der Waals surface area contributed by atoms with Crippen molar-refractivity contribution in [1.29, 1.82) is 0 Å². The number of hydrogen-bond donors (Lipinski definition) is 3. The maximum absolute atomic E-state index is 10.1. The Balaban J connectivity index is 0.000000269. The zero-order valence-corrected chi connectivity index (χ0v) is 20.5. The lowest BCUT2D eigenvalue weighted by Gasteiger charge is -2.10. The Morgan fingerprint density at radius 1 is 0.714 bits per heavy atom. The summed E-state index contributed by atoms with van der Waals surface area (Å²) in [5.41, 5.74) is 3.47. The fourth-order valence-corrected chi connectivity index (χ4v) is 2.41. The smallest absolute Gasteiger partial charge is 0.328 e. The Kier molecular flexibility index (Phi) is 12.7. The number of carboxylic acids is 1.